The molecule has 2 aromatic rings. The predicted molar refractivity (Wildman–Crippen MR) is 74.7 cm³/mol. The van der Waals surface area contributed by atoms with Gasteiger partial charge in [-0.3, -0.25) is 0 Å². The van der Waals surface area contributed by atoms with Crippen LogP contribution in [0.4, 0.5) is 8.78 Å². The molecule has 0 aliphatic rings. The third-order valence-electron chi connectivity index (χ3n) is 3.27. The fraction of sp³-hybridized carbons (Fsp3) is 0.250. The van der Waals surface area contributed by atoms with Crippen molar-refractivity contribution in [3.8, 4) is 5.75 Å². The van der Waals surface area contributed by atoms with E-state index in [0.717, 1.165) is 11.1 Å². The first-order valence-corrected chi connectivity index (χ1v) is 6.36. The molecule has 2 rings (SSSR count). The Morgan fingerprint density at radius 3 is 2.40 bits per heavy atom. The van der Waals surface area contributed by atoms with E-state index in [1.165, 1.54) is 18.2 Å². The molecule has 0 aromatic heterocycles. The number of hydrogen-bond donors (Lipinski definition) is 1. The van der Waals surface area contributed by atoms with Crippen LogP contribution in [-0.2, 0) is 6.42 Å². The number of halogens is 2. The number of methoxy groups -OCH3 is 1. The van der Waals surface area contributed by atoms with Gasteiger partial charge in [-0.25, -0.2) is 8.78 Å². The second-order valence-corrected chi connectivity index (χ2v) is 4.76. The Labute approximate surface area is 117 Å². The lowest BCUT2D eigenvalue weighted by molar-refractivity contribution is 0.404. The molecule has 2 aromatic carbocycles. The van der Waals surface area contributed by atoms with Gasteiger partial charge in [0.25, 0.3) is 0 Å². The Balaban J connectivity index is 2.33. The molecule has 0 fully saturated rings. The Morgan fingerprint density at radius 2 is 1.80 bits per heavy atom. The van der Waals surface area contributed by atoms with Gasteiger partial charge in [-0.05, 0) is 31.5 Å². The standard InChI is InChI=1S/C16H17F2NO/c1-10-6-7-16(20-2)12(8-10)15(19)9-11-13(17)4-3-5-14(11)18/h3-8,15H,9,19H2,1-2H3. The average molecular weight is 277 g/mol. The minimum absolute atomic E-state index is 0.00330. The summed E-state index contributed by atoms with van der Waals surface area (Å²) < 4.78 is 32.6. The summed E-state index contributed by atoms with van der Waals surface area (Å²) in [5.74, 6) is -0.529. The molecule has 106 valence electrons. The molecule has 0 aliphatic heterocycles. The monoisotopic (exact) mass is 277 g/mol. The fourth-order valence-electron chi connectivity index (χ4n) is 2.20. The lowest BCUT2D eigenvalue weighted by Gasteiger charge is -2.17. The zero-order chi connectivity index (χ0) is 14.7. The smallest absolute Gasteiger partial charge is 0.129 e. The van der Waals surface area contributed by atoms with Crippen LogP contribution in [0.2, 0.25) is 0 Å². The molecule has 0 amide bonds. The summed E-state index contributed by atoms with van der Waals surface area (Å²) in [7, 11) is 1.55. The van der Waals surface area contributed by atoms with Crippen LogP contribution in [0, 0.1) is 18.6 Å². The van der Waals surface area contributed by atoms with Crippen LogP contribution < -0.4 is 10.5 Å². The first-order valence-electron chi connectivity index (χ1n) is 6.36. The Hall–Kier alpha value is -1.94. The van der Waals surface area contributed by atoms with Crippen molar-refractivity contribution in [1.29, 1.82) is 0 Å². The third-order valence-corrected chi connectivity index (χ3v) is 3.27. The van der Waals surface area contributed by atoms with E-state index in [1.54, 1.807) is 7.11 Å². The first-order chi connectivity index (χ1) is 9.52. The maximum atomic E-state index is 13.7. The van der Waals surface area contributed by atoms with Crippen molar-refractivity contribution in [3.05, 3.63) is 64.7 Å². The SMILES string of the molecule is COc1ccc(C)cc1C(N)Cc1c(F)cccc1F. The highest BCUT2D eigenvalue weighted by molar-refractivity contribution is 5.40. The van der Waals surface area contributed by atoms with Crippen molar-refractivity contribution < 1.29 is 13.5 Å². The molecule has 0 saturated heterocycles. The van der Waals surface area contributed by atoms with Gasteiger partial charge in [-0.2, -0.15) is 0 Å². The summed E-state index contributed by atoms with van der Waals surface area (Å²) in [6.07, 6.45) is 0.0817. The van der Waals surface area contributed by atoms with Gasteiger partial charge in [-0.1, -0.05) is 23.8 Å². The molecule has 0 heterocycles. The Bertz CT molecular complexity index is 593. The second kappa shape index (κ2) is 6.01. The topological polar surface area (TPSA) is 35.2 Å². The van der Waals surface area contributed by atoms with Gasteiger partial charge >= 0.3 is 0 Å². The summed E-state index contributed by atoms with van der Waals surface area (Å²) in [6, 6.07) is 8.86. The molecule has 0 spiro atoms. The first kappa shape index (κ1) is 14.5. The number of ether oxygens (including phenoxy) is 1. The van der Waals surface area contributed by atoms with Crippen LogP contribution in [0.25, 0.3) is 0 Å². The van der Waals surface area contributed by atoms with Crippen molar-refractivity contribution in [2.45, 2.75) is 19.4 Å². The lowest BCUT2D eigenvalue weighted by Crippen LogP contribution is -2.16. The third kappa shape index (κ3) is 2.96. The van der Waals surface area contributed by atoms with Crippen molar-refractivity contribution in [1.82, 2.24) is 0 Å². The molecule has 2 N–H and O–H groups in total. The highest BCUT2D eigenvalue weighted by Gasteiger charge is 2.17. The zero-order valence-corrected chi connectivity index (χ0v) is 11.5. The van der Waals surface area contributed by atoms with E-state index in [-0.39, 0.29) is 12.0 Å². The number of aryl methyl sites for hydroxylation is 1. The molecular formula is C16H17F2NO. The number of hydrogen-bond acceptors (Lipinski definition) is 2. The summed E-state index contributed by atoms with van der Waals surface area (Å²) in [6.45, 7) is 1.93. The molecule has 1 unspecified atom stereocenters. The average Bonchev–Trinajstić information content (AvgIpc) is 2.43. The van der Waals surface area contributed by atoms with E-state index in [1.807, 2.05) is 25.1 Å². The van der Waals surface area contributed by atoms with E-state index < -0.39 is 17.7 Å². The molecule has 0 aliphatic carbocycles. The van der Waals surface area contributed by atoms with E-state index in [0.29, 0.717) is 5.75 Å². The highest BCUT2D eigenvalue weighted by Crippen LogP contribution is 2.28. The summed E-state index contributed by atoms with van der Waals surface area (Å²) in [5, 5.41) is 0. The van der Waals surface area contributed by atoms with Gasteiger partial charge in [0.05, 0.1) is 7.11 Å². The normalized spacial score (nSPS) is 12.2. The van der Waals surface area contributed by atoms with E-state index in [4.69, 9.17) is 10.5 Å². The maximum Gasteiger partial charge on any atom is 0.129 e. The van der Waals surface area contributed by atoms with E-state index >= 15 is 0 Å². The number of rotatable bonds is 4. The Morgan fingerprint density at radius 1 is 1.15 bits per heavy atom. The van der Waals surface area contributed by atoms with Gasteiger partial charge in [0.2, 0.25) is 0 Å². The van der Waals surface area contributed by atoms with Crippen LogP contribution in [0.3, 0.4) is 0 Å². The molecule has 4 heteroatoms. The maximum absolute atomic E-state index is 13.7. The summed E-state index contributed by atoms with van der Waals surface area (Å²) in [5.41, 5.74) is 7.86. The van der Waals surface area contributed by atoms with Crippen molar-refractivity contribution in [2.24, 2.45) is 5.73 Å². The van der Waals surface area contributed by atoms with Crippen molar-refractivity contribution in [2.75, 3.05) is 7.11 Å². The predicted octanol–water partition coefficient (Wildman–Crippen LogP) is 3.52. The van der Waals surface area contributed by atoms with Crippen LogP contribution in [-0.4, -0.2) is 7.11 Å². The highest BCUT2D eigenvalue weighted by atomic mass is 19.1. The van der Waals surface area contributed by atoms with Crippen molar-refractivity contribution >= 4 is 0 Å². The fourth-order valence-corrected chi connectivity index (χ4v) is 2.20. The second-order valence-electron chi connectivity index (χ2n) is 4.76. The molecule has 0 saturated carbocycles. The minimum atomic E-state index is -0.577. The van der Waals surface area contributed by atoms with Crippen molar-refractivity contribution in [3.63, 3.8) is 0 Å². The minimum Gasteiger partial charge on any atom is -0.496 e. The van der Waals surface area contributed by atoms with Gasteiger partial charge in [0.1, 0.15) is 17.4 Å². The Kier molecular flexibility index (Phi) is 4.35. The van der Waals surface area contributed by atoms with Gasteiger partial charge < -0.3 is 10.5 Å². The quantitative estimate of drug-likeness (QED) is 0.928. The molecule has 20 heavy (non-hydrogen) atoms. The molecule has 0 radical (unpaired) electrons. The zero-order valence-electron chi connectivity index (χ0n) is 11.5. The molecule has 1 atom stereocenters. The number of nitrogens with two attached hydrogens (primary N) is 1. The van der Waals surface area contributed by atoms with Crippen LogP contribution >= 0.6 is 0 Å². The van der Waals surface area contributed by atoms with E-state index in [2.05, 4.69) is 0 Å². The van der Waals surface area contributed by atoms with Gasteiger partial charge in [0.15, 0.2) is 0 Å². The molecular weight excluding hydrogens is 260 g/mol. The molecule has 0 bridgehead atoms. The molecule has 2 nitrogen and oxygen atoms in total. The van der Waals surface area contributed by atoms with Crippen LogP contribution in [0.1, 0.15) is 22.7 Å². The number of benzene rings is 2. The van der Waals surface area contributed by atoms with Gasteiger partial charge in [-0.15, -0.1) is 0 Å². The van der Waals surface area contributed by atoms with Gasteiger partial charge in [0, 0.05) is 17.2 Å². The lowest BCUT2D eigenvalue weighted by atomic mass is 9.97. The van der Waals surface area contributed by atoms with Crippen LogP contribution in [0.15, 0.2) is 36.4 Å². The summed E-state index contributed by atoms with van der Waals surface area (Å²) in [4.78, 5) is 0. The van der Waals surface area contributed by atoms with E-state index in [9.17, 15) is 8.78 Å². The van der Waals surface area contributed by atoms with Crippen LogP contribution in [0.5, 0.6) is 5.75 Å². The summed E-state index contributed by atoms with van der Waals surface area (Å²) >= 11 is 0. The largest absolute Gasteiger partial charge is 0.496 e.